The second-order valence-electron chi connectivity index (χ2n) is 6.00. The van der Waals surface area contributed by atoms with Crippen LogP contribution in [0, 0.1) is 6.92 Å². The van der Waals surface area contributed by atoms with E-state index < -0.39 is 0 Å². The topological polar surface area (TPSA) is 72.7 Å². The molecule has 4 aromatic rings. The standard InChI is InChI=1S/C20H17N5O/c1-14-17(12-23-25(14)13-15-5-3-2-4-6-15)20(26)24-19-18-11-21-9-7-16(18)8-10-22-19/h2-12H,13H2,1H3,(H,22,24,26). The molecule has 0 radical (unpaired) electrons. The summed E-state index contributed by atoms with van der Waals surface area (Å²) in [6.07, 6.45) is 6.68. The van der Waals surface area contributed by atoms with Crippen molar-refractivity contribution in [3.63, 3.8) is 0 Å². The molecular weight excluding hydrogens is 326 g/mol. The van der Waals surface area contributed by atoms with Crippen LogP contribution in [0.4, 0.5) is 5.82 Å². The van der Waals surface area contributed by atoms with Gasteiger partial charge in [0, 0.05) is 29.7 Å². The van der Waals surface area contributed by atoms with Gasteiger partial charge in [-0.15, -0.1) is 0 Å². The van der Waals surface area contributed by atoms with Gasteiger partial charge in [-0.3, -0.25) is 14.5 Å². The Bertz CT molecular complexity index is 1070. The Balaban J connectivity index is 1.59. The molecular formula is C20H17N5O. The number of nitrogens with one attached hydrogen (secondary N) is 1. The van der Waals surface area contributed by atoms with Crippen LogP contribution in [0.2, 0.25) is 0 Å². The van der Waals surface area contributed by atoms with Crippen LogP contribution >= 0.6 is 0 Å². The summed E-state index contributed by atoms with van der Waals surface area (Å²) in [6.45, 7) is 2.51. The first-order chi connectivity index (χ1) is 12.7. The molecule has 3 aromatic heterocycles. The van der Waals surface area contributed by atoms with Crippen molar-refractivity contribution in [1.29, 1.82) is 0 Å². The van der Waals surface area contributed by atoms with E-state index in [1.807, 2.05) is 54.1 Å². The van der Waals surface area contributed by atoms with Gasteiger partial charge in [-0.25, -0.2) is 4.98 Å². The molecule has 1 amide bonds. The maximum absolute atomic E-state index is 12.7. The van der Waals surface area contributed by atoms with Crippen molar-refractivity contribution < 1.29 is 4.79 Å². The van der Waals surface area contributed by atoms with Gasteiger partial charge in [0.25, 0.3) is 5.91 Å². The lowest BCUT2D eigenvalue weighted by atomic mass is 10.2. The lowest BCUT2D eigenvalue weighted by Crippen LogP contribution is -2.14. The Morgan fingerprint density at radius 2 is 1.88 bits per heavy atom. The molecule has 0 aliphatic rings. The molecule has 0 aliphatic carbocycles. The third-order valence-corrected chi connectivity index (χ3v) is 4.32. The average Bonchev–Trinajstić information content (AvgIpc) is 3.03. The SMILES string of the molecule is Cc1c(C(=O)Nc2nccc3ccncc23)cnn1Cc1ccccc1. The van der Waals surface area contributed by atoms with E-state index in [1.165, 1.54) is 0 Å². The van der Waals surface area contributed by atoms with E-state index in [9.17, 15) is 4.79 Å². The minimum Gasteiger partial charge on any atom is -0.306 e. The molecule has 1 N–H and O–H groups in total. The summed E-state index contributed by atoms with van der Waals surface area (Å²) in [5, 5.41) is 9.01. The van der Waals surface area contributed by atoms with E-state index in [1.54, 1.807) is 24.8 Å². The van der Waals surface area contributed by atoms with Gasteiger partial charge in [-0.1, -0.05) is 30.3 Å². The van der Waals surface area contributed by atoms with E-state index >= 15 is 0 Å². The van der Waals surface area contributed by atoms with E-state index in [2.05, 4.69) is 20.4 Å². The van der Waals surface area contributed by atoms with E-state index in [0.29, 0.717) is 17.9 Å². The van der Waals surface area contributed by atoms with Crippen LogP contribution in [0.15, 0.2) is 67.3 Å². The largest absolute Gasteiger partial charge is 0.306 e. The summed E-state index contributed by atoms with van der Waals surface area (Å²) in [7, 11) is 0. The number of nitrogens with zero attached hydrogens (tertiary/aromatic N) is 4. The monoisotopic (exact) mass is 343 g/mol. The lowest BCUT2D eigenvalue weighted by molar-refractivity contribution is 0.102. The number of anilines is 1. The molecule has 0 unspecified atom stereocenters. The summed E-state index contributed by atoms with van der Waals surface area (Å²) in [4.78, 5) is 21.1. The predicted molar refractivity (Wildman–Crippen MR) is 100.0 cm³/mol. The van der Waals surface area contributed by atoms with Crippen molar-refractivity contribution in [1.82, 2.24) is 19.7 Å². The zero-order valence-electron chi connectivity index (χ0n) is 14.3. The van der Waals surface area contributed by atoms with Crippen molar-refractivity contribution >= 4 is 22.5 Å². The molecule has 0 saturated carbocycles. The Hall–Kier alpha value is -3.54. The summed E-state index contributed by atoms with van der Waals surface area (Å²) >= 11 is 0. The maximum atomic E-state index is 12.7. The molecule has 4 rings (SSSR count). The Morgan fingerprint density at radius 1 is 1.08 bits per heavy atom. The van der Waals surface area contributed by atoms with Crippen LogP contribution in [-0.4, -0.2) is 25.7 Å². The molecule has 26 heavy (non-hydrogen) atoms. The smallest absolute Gasteiger partial charge is 0.260 e. The van der Waals surface area contributed by atoms with Gasteiger partial charge in [-0.05, 0) is 30.0 Å². The zero-order chi connectivity index (χ0) is 17.9. The van der Waals surface area contributed by atoms with Gasteiger partial charge in [-0.2, -0.15) is 5.10 Å². The summed E-state index contributed by atoms with van der Waals surface area (Å²) in [6, 6.07) is 13.8. The van der Waals surface area contributed by atoms with Gasteiger partial charge < -0.3 is 5.32 Å². The molecule has 0 aliphatic heterocycles. The Kier molecular flexibility index (Phi) is 4.15. The van der Waals surface area contributed by atoms with Crippen molar-refractivity contribution in [2.75, 3.05) is 5.32 Å². The molecule has 0 fully saturated rings. The first-order valence-electron chi connectivity index (χ1n) is 8.29. The van der Waals surface area contributed by atoms with E-state index in [-0.39, 0.29) is 5.91 Å². The van der Waals surface area contributed by atoms with Gasteiger partial charge in [0.05, 0.1) is 18.3 Å². The molecule has 6 nitrogen and oxygen atoms in total. The van der Waals surface area contributed by atoms with E-state index in [0.717, 1.165) is 22.0 Å². The van der Waals surface area contributed by atoms with Crippen molar-refractivity contribution in [3.05, 3.63) is 84.1 Å². The third-order valence-electron chi connectivity index (χ3n) is 4.32. The van der Waals surface area contributed by atoms with Gasteiger partial charge in [0.15, 0.2) is 0 Å². The maximum Gasteiger partial charge on any atom is 0.260 e. The highest BCUT2D eigenvalue weighted by molar-refractivity contribution is 6.08. The number of aromatic nitrogens is 4. The molecule has 3 heterocycles. The second-order valence-corrected chi connectivity index (χ2v) is 6.00. The number of benzene rings is 1. The highest BCUT2D eigenvalue weighted by Crippen LogP contribution is 2.20. The number of pyridine rings is 2. The van der Waals surface area contributed by atoms with Crippen LogP contribution in [0.3, 0.4) is 0 Å². The molecule has 0 saturated heterocycles. The summed E-state index contributed by atoms with van der Waals surface area (Å²) in [5.74, 6) is 0.265. The van der Waals surface area contributed by atoms with Crippen LogP contribution in [0.5, 0.6) is 0 Å². The van der Waals surface area contributed by atoms with Gasteiger partial charge in [0.2, 0.25) is 0 Å². The fourth-order valence-corrected chi connectivity index (χ4v) is 2.87. The van der Waals surface area contributed by atoms with Crippen molar-refractivity contribution in [3.8, 4) is 0 Å². The molecule has 1 aromatic carbocycles. The lowest BCUT2D eigenvalue weighted by Gasteiger charge is -2.08. The molecule has 0 spiro atoms. The number of rotatable bonds is 4. The number of carbonyl (C=O) groups is 1. The molecule has 0 bridgehead atoms. The molecule has 6 heteroatoms. The number of hydrogen-bond donors (Lipinski definition) is 1. The fourth-order valence-electron chi connectivity index (χ4n) is 2.87. The van der Waals surface area contributed by atoms with Gasteiger partial charge >= 0.3 is 0 Å². The minimum atomic E-state index is -0.231. The summed E-state index contributed by atoms with van der Waals surface area (Å²) in [5.41, 5.74) is 2.47. The zero-order valence-corrected chi connectivity index (χ0v) is 14.3. The number of fused-ring (bicyclic) bond motifs is 1. The Morgan fingerprint density at radius 3 is 2.73 bits per heavy atom. The number of amides is 1. The van der Waals surface area contributed by atoms with Gasteiger partial charge in [0.1, 0.15) is 5.82 Å². The highest BCUT2D eigenvalue weighted by atomic mass is 16.1. The number of hydrogen-bond acceptors (Lipinski definition) is 4. The predicted octanol–water partition coefficient (Wildman–Crippen LogP) is 3.44. The fraction of sp³-hybridized carbons (Fsp3) is 0.100. The summed E-state index contributed by atoms with van der Waals surface area (Å²) < 4.78 is 1.82. The molecule has 128 valence electrons. The second kappa shape index (κ2) is 6.76. The van der Waals surface area contributed by atoms with Crippen molar-refractivity contribution in [2.24, 2.45) is 0 Å². The van der Waals surface area contributed by atoms with Crippen LogP contribution in [0.1, 0.15) is 21.6 Å². The van der Waals surface area contributed by atoms with E-state index in [4.69, 9.17) is 0 Å². The normalized spacial score (nSPS) is 10.8. The van der Waals surface area contributed by atoms with Crippen LogP contribution < -0.4 is 5.32 Å². The van der Waals surface area contributed by atoms with Crippen molar-refractivity contribution in [2.45, 2.75) is 13.5 Å². The number of carbonyl (C=O) groups excluding carboxylic acids is 1. The highest BCUT2D eigenvalue weighted by Gasteiger charge is 2.16. The van der Waals surface area contributed by atoms with Crippen LogP contribution in [0.25, 0.3) is 10.8 Å². The average molecular weight is 343 g/mol. The first kappa shape index (κ1) is 16.0. The Labute approximate surface area is 150 Å². The molecule has 0 atom stereocenters. The quantitative estimate of drug-likeness (QED) is 0.616. The minimum absolute atomic E-state index is 0.231. The van der Waals surface area contributed by atoms with Crippen LogP contribution in [-0.2, 0) is 6.54 Å². The third kappa shape index (κ3) is 3.04. The first-order valence-corrected chi connectivity index (χ1v) is 8.29.